The van der Waals surface area contributed by atoms with Crippen LogP contribution in [-0.2, 0) is 6.54 Å². The molecule has 0 aliphatic carbocycles. The highest BCUT2D eigenvalue weighted by Gasteiger charge is 2.21. The predicted octanol–water partition coefficient (Wildman–Crippen LogP) is 5.27. The lowest BCUT2D eigenvalue weighted by Crippen LogP contribution is -2.46. The van der Waals surface area contributed by atoms with Gasteiger partial charge in [0.1, 0.15) is 5.75 Å². The van der Waals surface area contributed by atoms with Gasteiger partial charge in [-0.15, -0.1) is 24.8 Å². The summed E-state index contributed by atoms with van der Waals surface area (Å²) < 4.78 is 6.01. The van der Waals surface area contributed by atoms with Crippen LogP contribution in [0.4, 0.5) is 5.69 Å². The smallest absolute Gasteiger partial charge is 0.253 e. The van der Waals surface area contributed by atoms with Gasteiger partial charge in [-0.05, 0) is 62.9 Å². The van der Waals surface area contributed by atoms with Crippen LogP contribution in [0.1, 0.15) is 49.0 Å². The number of piperidine rings is 1. The Morgan fingerprint density at radius 2 is 1.48 bits per heavy atom. The van der Waals surface area contributed by atoms with Gasteiger partial charge in [-0.25, -0.2) is 0 Å². The maximum Gasteiger partial charge on any atom is 0.253 e. The van der Waals surface area contributed by atoms with Crippen LogP contribution in [0.3, 0.4) is 0 Å². The van der Waals surface area contributed by atoms with Crippen LogP contribution in [0.15, 0.2) is 48.5 Å². The number of para-hydroxylation sites is 2. The van der Waals surface area contributed by atoms with E-state index in [0.717, 1.165) is 70.0 Å². The quantitative estimate of drug-likeness (QED) is 0.549. The van der Waals surface area contributed by atoms with E-state index in [1.165, 1.54) is 17.7 Å². The molecule has 33 heavy (non-hydrogen) atoms. The zero-order chi connectivity index (χ0) is 21.6. The minimum atomic E-state index is 0. The van der Waals surface area contributed by atoms with Crippen molar-refractivity contribution in [1.82, 2.24) is 9.80 Å². The summed E-state index contributed by atoms with van der Waals surface area (Å²) in [7, 11) is 0. The van der Waals surface area contributed by atoms with Crippen molar-refractivity contribution >= 4 is 36.4 Å². The van der Waals surface area contributed by atoms with E-state index in [2.05, 4.69) is 54.0 Å². The van der Waals surface area contributed by atoms with Gasteiger partial charge in [-0.3, -0.25) is 9.69 Å². The van der Waals surface area contributed by atoms with E-state index >= 15 is 0 Å². The second kappa shape index (κ2) is 13.1. The van der Waals surface area contributed by atoms with Gasteiger partial charge in [0.25, 0.3) is 5.91 Å². The minimum absolute atomic E-state index is 0. The number of ether oxygens (including phenoxy) is 1. The first-order chi connectivity index (χ1) is 15.1. The number of anilines is 1. The highest BCUT2D eigenvalue weighted by Crippen LogP contribution is 2.30. The van der Waals surface area contributed by atoms with E-state index in [1.807, 2.05) is 23.1 Å². The van der Waals surface area contributed by atoms with E-state index in [1.54, 1.807) is 0 Å². The number of rotatable bonds is 6. The highest BCUT2D eigenvalue weighted by atomic mass is 35.5. The van der Waals surface area contributed by atoms with Crippen molar-refractivity contribution in [2.24, 2.45) is 0 Å². The van der Waals surface area contributed by atoms with Gasteiger partial charge >= 0.3 is 0 Å². The van der Waals surface area contributed by atoms with Gasteiger partial charge in [0.2, 0.25) is 0 Å². The van der Waals surface area contributed by atoms with Crippen molar-refractivity contribution in [3.05, 3.63) is 59.7 Å². The Bertz CT molecular complexity index is 862. The van der Waals surface area contributed by atoms with E-state index in [4.69, 9.17) is 4.74 Å². The fourth-order valence-electron chi connectivity index (χ4n) is 4.51. The first kappa shape index (κ1) is 27.3. The molecule has 0 atom stereocenters. The summed E-state index contributed by atoms with van der Waals surface area (Å²) in [6.07, 6.45) is 3.67. The second-order valence-corrected chi connectivity index (χ2v) is 8.95. The maximum atomic E-state index is 12.7. The Hall–Kier alpha value is -1.95. The van der Waals surface area contributed by atoms with E-state index < -0.39 is 0 Å². The fraction of sp³-hybridized carbons (Fsp3) is 0.500. The number of carbonyl (C=O) groups excluding carboxylic acids is 1. The van der Waals surface area contributed by atoms with Gasteiger partial charge in [-0.2, -0.15) is 0 Å². The Labute approximate surface area is 210 Å². The Morgan fingerprint density at radius 1 is 0.848 bits per heavy atom. The second-order valence-electron chi connectivity index (χ2n) is 8.95. The summed E-state index contributed by atoms with van der Waals surface area (Å²) in [6.45, 7) is 10.9. The summed E-state index contributed by atoms with van der Waals surface area (Å²) in [5.74, 6) is 1.15. The van der Waals surface area contributed by atoms with Crippen molar-refractivity contribution in [3.63, 3.8) is 0 Å². The van der Waals surface area contributed by atoms with E-state index in [-0.39, 0.29) is 36.8 Å². The maximum absolute atomic E-state index is 12.7. The molecule has 182 valence electrons. The molecular weight excluding hydrogens is 457 g/mol. The number of nitrogens with zero attached hydrogens (tertiary/aromatic N) is 3. The first-order valence-corrected chi connectivity index (χ1v) is 11.7. The molecule has 2 fully saturated rings. The summed E-state index contributed by atoms with van der Waals surface area (Å²) >= 11 is 0. The predicted molar refractivity (Wildman–Crippen MR) is 140 cm³/mol. The molecule has 1 amide bonds. The Balaban J connectivity index is 0.00000193. The van der Waals surface area contributed by atoms with Crippen LogP contribution < -0.4 is 9.64 Å². The fourth-order valence-corrected chi connectivity index (χ4v) is 4.51. The molecule has 5 nitrogen and oxygen atoms in total. The van der Waals surface area contributed by atoms with Gasteiger partial charge in [0, 0.05) is 51.4 Å². The largest absolute Gasteiger partial charge is 0.489 e. The zero-order valence-electron chi connectivity index (χ0n) is 19.7. The van der Waals surface area contributed by atoms with E-state index in [9.17, 15) is 4.79 Å². The van der Waals surface area contributed by atoms with Gasteiger partial charge in [0.05, 0.1) is 11.8 Å². The Morgan fingerprint density at radius 3 is 2.12 bits per heavy atom. The van der Waals surface area contributed by atoms with Crippen LogP contribution in [0.5, 0.6) is 5.75 Å². The molecule has 2 saturated heterocycles. The third-order valence-corrected chi connectivity index (χ3v) is 6.19. The first-order valence-electron chi connectivity index (χ1n) is 11.7. The number of halogens is 2. The average Bonchev–Trinajstić information content (AvgIpc) is 2.80. The third kappa shape index (κ3) is 7.26. The average molecular weight is 495 g/mol. The number of piperazine rings is 1. The molecule has 0 radical (unpaired) electrons. The van der Waals surface area contributed by atoms with Gasteiger partial charge < -0.3 is 14.5 Å². The number of likely N-dealkylation sites (tertiary alicyclic amines) is 1. The van der Waals surface area contributed by atoms with E-state index in [0.29, 0.717) is 0 Å². The lowest BCUT2D eigenvalue weighted by Gasteiger charge is -2.37. The van der Waals surface area contributed by atoms with Crippen LogP contribution in [0.2, 0.25) is 0 Å². The standard InChI is InChI=1S/C26H35N3O2.2ClH/c1-21(2)31-25-9-5-4-8-24(25)28-18-16-27(17-19-28)20-22-10-12-23(13-11-22)26(30)29-14-6-3-7-15-29;;/h4-5,8-13,21H,3,6-7,14-20H2,1-2H3;2*1H. The third-order valence-electron chi connectivity index (χ3n) is 6.19. The molecule has 2 heterocycles. The molecule has 2 aliphatic rings. The lowest BCUT2D eigenvalue weighted by molar-refractivity contribution is 0.0724. The topological polar surface area (TPSA) is 36.0 Å². The minimum Gasteiger partial charge on any atom is -0.489 e. The number of hydrogen-bond acceptors (Lipinski definition) is 4. The number of amides is 1. The summed E-state index contributed by atoms with van der Waals surface area (Å²) in [4.78, 5) is 19.6. The molecule has 7 heteroatoms. The molecule has 0 aromatic heterocycles. The van der Waals surface area contributed by atoms with Crippen molar-refractivity contribution in [2.45, 2.75) is 45.8 Å². The molecule has 0 N–H and O–H groups in total. The SMILES string of the molecule is CC(C)Oc1ccccc1N1CCN(Cc2ccc(C(=O)N3CCCCC3)cc2)CC1.Cl.Cl. The number of hydrogen-bond donors (Lipinski definition) is 0. The molecule has 2 aliphatic heterocycles. The summed E-state index contributed by atoms with van der Waals surface area (Å²) in [5, 5.41) is 0. The summed E-state index contributed by atoms with van der Waals surface area (Å²) in [5.41, 5.74) is 3.28. The Kier molecular flexibility index (Phi) is 10.8. The molecule has 2 aromatic carbocycles. The normalized spacial score (nSPS) is 16.7. The molecule has 0 saturated carbocycles. The zero-order valence-corrected chi connectivity index (χ0v) is 21.4. The van der Waals surface area contributed by atoms with Gasteiger partial charge in [-0.1, -0.05) is 24.3 Å². The van der Waals surface area contributed by atoms with Crippen molar-refractivity contribution in [3.8, 4) is 5.75 Å². The monoisotopic (exact) mass is 493 g/mol. The van der Waals surface area contributed by atoms with Crippen molar-refractivity contribution in [1.29, 1.82) is 0 Å². The van der Waals surface area contributed by atoms with Crippen molar-refractivity contribution < 1.29 is 9.53 Å². The van der Waals surface area contributed by atoms with Crippen LogP contribution in [0, 0.1) is 0 Å². The van der Waals surface area contributed by atoms with Crippen molar-refractivity contribution in [2.75, 3.05) is 44.2 Å². The summed E-state index contributed by atoms with van der Waals surface area (Å²) in [6, 6.07) is 16.6. The molecule has 0 bridgehead atoms. The molecule has 4 rings (SSSR count). The van der Waals surface area contributed by atoms with Crippen LogP contribution >= 0.6 is 24.8 Å². The molecular formula is C26H37Cl2N3O2. The molecule has 0 unspecified atom stereocenters. The lowest BCUT2D eigenvalue weighted by atomic mass is 10.1. The highest BCUT2D eigenvalue weighted by molar-refractivity contribution is 5.94. The number of benzene rings is 2. The number of carbonyl (C=O) groups is 1. The van der Waals surface area contributed by atoms with Crippen LogP contribution in [-0.4, -0.2) is 61.1 Å². The van der Waals surface area contributed by atoms with Crippen LogP contribution in [0.25, 0.3) is 0 Å². The molecule has 0 spiro atoms. The van der Waals surface area contributed by atoms with Gasteiger partial charge in [0.15, 0.2) is 0 Å². The molecule has 2 aromatic rings.